The highest BCUT2D eigenvalue weighted by atomic mass is 19.1. The number of carbonyl (C=O) groups excluding carboxylic acids is 1. The van der Waals surface area contributed by atoms with Crippen LogP contribution in [0.4, 0.5) is 4.39 Å². The summed E-state index contributed by atoms with van der Waals surface area (Å²) in [5, 5.41) is 11.6. The van der Waals surface area contributed by atoms with Gasteiger partial charge in [0.15, 0.2) is 6.10 Å². The molecule has 0 radical (unpaired) electrons. The van der Waals surface area contributed by atoms with E-state index >= 15 is 0 Å². The Morgan fingerprint density at radius 2 is 1.77 bits per heavy atom. The molecule has 3 aromatic carbocycles. The van der Waals surface area contributed by atoms with Crippen LogP contribution in [0.15, 0.2) is 48.5 Å². The minimum atomic E-state index is -1.29. The first kappa shape index (κ1) is 21.5. The Kier molecular flexibility index (Phi) is 5.63. The van der Waals surface area contributed by atoms with E-state index in [1.54, 1.807) is 27.7 Å². The van der Waals surface area contributed by atoms with Crippen LogP contribution in [0.1, 0.15) is 48.4 Å². The average Bonchev–Trinajstić information content (AvgIpc) is 2.63. The van der Waals surface area contributed by atoms with Crippen molar-refractivity contribution in [3.63, 3.8) is 0 Å². The molecule has 156 valence electrons. The minimum Gasteiger partial charge on any atom is -0.479 e. The lowest BCUT2D eigenvalue weighted by Gasteiger charge is -2.28. The first-order valence-electron chi connectivity index (χ1n) is 9.51. The number of ether oxygens (including phenoxy) is 1. The van der Waals surface area contributed by atoms with E-state index in [1.165, 1.54) is 12.1 Å². The number of nitrogens with two attached hydrogens (primary N) is 1. The van der Waals surface area contributed by atoms with Gasteiger partial charge in [-0.2, -0.15) is 0 Å². The monoisotopic (exact) mass is 409 g/mol. The molecular weight excluding hydrogens is 385 g/mol. The second kappa shape index (κ2) is 7.88. The van der Waals surface area contributed by atoms with E-state index in [2.05, 4.69) is 0 Å². The maximum Gasteiger partial charge on any atom is 0.337 e. The van der Waals surface area contributed by atoms with Crippen molar-refractivity contribution in [2.24, 2.45) is 5.73 Å². The third-order valence-corrected chi connectivity index (χ3v) is 4.73. The van der Waals surface area contributed by atoms with Gasteiger partial charge in [0.05, 0.1) is 5.60 Å². The summed E-state index contributed by atoms with van der Waals surface area (Å²) in [6.45, 7) is 7.10. The fourth-order valence-electron chi connectivity index (χ4n) is 3.62. The molecule has 0 aromatic heterocycles. The number of hydrogen-bond donors (Lipinski definition) is 2. The smallest absolute Gasteiger partial charge is 0.337 e. The lowest BCUT2D eigenvalue weighted by Crippen LogP contribution is -2.28. The third kappa shape index (κ3) is 4.33. The maximum absolute atomic E-state index is 14.4. The van der Waals surface area contributed by atoms with Crippen LogP contribution in [-0.2, 0) is 9.53 Å². The van der Waals surface area contributed by atoms with Crippen molar-refractivity contribution >= 4 is 22.6 Å². The van der Waals surface area contributed by atoms with Crippen LogP contribution in [0.3, 0.4) is 0 Å². The highest BCUT2D eigenvalue weighted by Crippen LogP contribution is 2.40. The molecule has 0 saturated carbocycles. The summed E-state index contributed by atoms with van der Waals surface area (Å²) in [6, 6.07) is 13.1. The van der Waals surface area contributed by atoms with Gasteiger partial charge in [-0.3, -0.25) is 4.79 Å². The SMILES string of the molecule is Cc1cc2ccccc2c(-c2cc(F)cc(C(N)=O)c2)c1C(OC(C)(C)C)C(=O)O. The van der Waals surface area contributed by atoms with Gasteiger partial charge in [-0.05, 0) is 73.4 Å². The van der Waals surface area contributed by atoms with Crippen molar-refractivity contribution in [2.45, 2.75) is 39.4 Å². The van der Waals surface area contributed by atoms with E-state index < -0.39 is 29.4 Å². The predicted molar refractivity (Wildman–Crippen MR) is 114 cm³/mol. The van der Waals surface area contributed by atoms with E-state index in [1.807, 2.05) is 30.3 Å². The van der Waals surface area contributed by atoms with Gasteiger partial charge in [0.1, 0.15) is 5.82 Å². The van der Waals surface area contributed by atoms with Crippen LogP contribution in [0.5, 0.6) is 0 Å². The molecule has 0 bridgehead atoms. The zero-order valence-electron chi connectivity index (χ0n) is 17.3. The summed E-state index contributed by atoms with van der Waals surface area (Å²) in [5.41, 5.74) is 6.61. The van der Waals surface area contributed by atoms with Crippen LogP contribution < -0.4 is 5.73 Å². The molecule has 6 heteroatoms. The number of carboxylic acid groups (broad SMARTS) is 1. The Balaban J connectivity index is 2.44. The summed E-state index contributed by atoms with van der Waals surface area (Å²) in [4.78, 5) is 23.9. The lowest BCUT2D eigenvalue weighted by molar-refractivity contribution is -0.160. The first-order valence-corrected chi connectivity index (χ1v) is 9.51. The Bertz CT molecular complexity index is 1150. The van der Waals surface area contributed by atoms with E-state index in [-0.39, 0.29) is 5.56 Å². The first-order chi connectivity index (χ1) is 14.0. The van der Waals surface area contributed by atoms with Gasteiger partial charge in [-0.1, -0.05) is 30.3 Å². The van der Waals surface area contributed by atoms with Gasteiger partial charge in [0, 0.05) is 11.1 Å². The minimum absolute atomic E-state index is 0.00477. The number of aliphatic carboxylic acids is 1. The maximum atomic E-state index is 14.4. The summed E-state index contributed by atoms with van der Waals surface area (Å²) in [7, 11) is 0. The Morgan fingerprint density at radius 1 is 1.10 bits per heavy atom. The van der Waals surface area contributed by atoms with Gasteiger partial charge in [0.2, 0.25) is 5.91 Å². The molecule has 0 heterocycles. The van der Waals surface area contributed by atoms with Gasteiger partial charge in [0.25, 0.3) is 0 Å². The van der Waals surface area contributed by atoms with Gasteiger partial charge in [-0.25, -0.2) is 9.18 Å². The molecule has 0 aliphatic rings. The number of carbonyl (C=O) groups is 2. The van der Waals surface area contributed by atoms with Gasteiger partial charge < -0.3 is 15.6 Å². The molecule has 30 heavy (non-hydrogen) atoms. The van der Waals surface area contributed by atoms with Crippen molar-refractivity contribution in [2.75, 3.05) is 0 Å². The molecule has 1 amide bonds. The number of primary amides is 1. The Morgan fingerprint density at radius 3 is 2.37 bits per heavy atom. The van der Waals surface area contributed by atoms with E-state index in [4.69, 9.17) is 10.5 Å². The molecule has 1 atom stereocenters. The number of amides is 1. The van der Waals surface area contributed by atoms with E-state index in [9.17, 15) is 19.1 Å². The fraction of sp³-hybridized carbons (Fsp3) is 0.250. The number of aryl methyl sites for hydroxylation is 1. The highest BCUT2D eigenvalue weighted by molar-refractivity contribution is 6.02. The third-order valence-electron chi connectivity index (χ3n) is 4.73. The second-order valence-electron chi connectivity index (χ2n) is 8.24. The van der Waals surface area contributed by atoms with Crippen LogP contribution in [0, 0.1) is 12.7 Å². The molecular formula is C24H24FNO4. The van der Waals surface area contributed by atoms with Crippen LogP contribution in [-0.4, -0.2) is 22.6 Å². The van der Waals surface area contributed by atoms with Crippen molar-refractivity contribution in [3.05, 3.63) is 71.0 Å². The molecule has 0 fully saturated rings. The van der Waals surface area contributed by atoms with Crippen molar-refractivity contribution in [1.29, 1.82) is 0 Å². The van der Waals surface area contributed by atoms with E-state index in [0.29, 0.717) is 22.3 Å². The molecule has 1 unspecified atom stereocenters. The molecule has 3 rings (SSSR count). The fourth-order valence-corrected chi connectivity index (χ4v) is 3.62. The van der Waals surface area contributed by atoms with Crippen LogP contribution >= 0.6 is 0 Å². The molecule has 5 nitrogen and oxygen atoms in total. The topological polar surface area (TPSA) is 89.6 Å². The summed E-state index contributed by atoms with van der Waals surface area (Å²) in [5.74, 6) is -2.56. The molecule has 3 aromatic rings. The molecule has 0 aliphatic carbocycles. The van der Waals surface area contributed by atoms with Crippen molar-refractivity contribution in [3.8, 4) is 11.1 Å². The Hall–Kier alpha value is -3.25. The molecule has 0 aliphatic heterocycles. The summed E-state index contributed by atoms with van der Waals surface area (Å²) < 4.78 is 20.3. The average molecular weight is 409 g/mol. The molecule has 3 N–H and O–H groups in total. The van der Waals surface area contributed by atoms with Crippen LogP contribution in [0.2, 0.25) is 0 Å². The highest BCUT2D eigenvalue weighted by Gasteiger charge is 2.31. The lowest BCUT2D eigenvalue weighted by atomic mass is 9.86. The second-order valence-corrected chi connectivity index (χ2v) is 8.24. The Labute approximate surface area is 174 Å². The number of rotatable bonds is 5. The zero-order chi connectivity index (χ0) is 22.2. The number of fused-ring (bicyclic) bond motifs is 1. The predicted octanol–water partition coefficient (Wildman–Crippen LogP) is 4.99. The number of benzene rings is 3. The number of hydrogen-bond acceptors (Lipinski definition) is 3. The standard InChI is InChI=1S/C24H24FNO4/c1-13-9-14-7-5-6-8-18(14)20(15-10-16(22(26)27)12-17(25)11-15)19(13)21(23(28)29)30-24(2,3)4/h5-12,21H,1-4H3,(H2,26,27)(H,28,29). The number of carboxylic acids is 1. The summed E-state index contributed by atoms with van der Waals surface area (Å²) >= 11 is 0. The largest absolute Gasteiger partial charge is 0.479 e. The van der Waals surface area contributed by atoms with Crippen LogP contribution in [0.25, 0.3) is 21.9 Å². The zero-order valence-corrected chi connectivity index (χ0v) is 17.3. The van der Waals surface area contributed by atoms with Gasteiger partial charge >= 0.3 is 5.97 Å². The van der Waals surface area contributed by atoms with Crippen molar-refractivity contribution < 1.29 is 23.8 Å². The number of halogens is 1. The molecule has 0 saturated heterocycles. The van der Waals surface area contributed by atoms with Gasteiger partial charge in [-0.15, -0.1) is 0 Å². The van der Waals surface area contributed by atoms with E-state index in [0.717, 1.165) is 16.8 Å². The van der Waals surface area contributed by atoms with Crippen molar-refractivity contribution in [1.82, 2.24) is 0 Å². The normalized spacial score (nSPS) is 12.7. The molecule has 0 spiro atoms. The summed E-state index contributed by atoms with van der Waals surface area (Å²) in [6.07, 6.45) is -1.29. The quantitative estimate of drug-likeness (QED) is 0.621.